The number of pyridine rings is 1. The summed E-state index contributed by atoms with van der Waals surface area (Å²) in [5, 5.41) is 0.781. The zero-order valence-electron chi connectivity index (χ0n) is 19.1. The van der Waals surface area contributed by atoms with E-state index in [1.54, 1.807) is 0 Å². The zero-order chi connectivity index (χ0) is 22.8. The van der Waals surface area contributed by atoms with E-state index in [2.05, 4.69) is 42.2 Å². The number of amides is 1. The van der Waals surface area contributed by atoms with Gasteiger partial charge in [-0.2, -0.15) is 0 Å². The fourth-order valence-electron chi connectivity index (χ4n) is 5.34. The highest BCUT2D eigenvalue weighted by Gasteiger charge is 2.29. The van der Waals surface area contributed by atoms with Crippen molar-refractivity contribution in [2.45, 2.75) is 44.9 Å². The molecule has 168 valence electrons. The van der Waals surface area contributed by atoms with Crippen molar-refractivity contribution in [3.05, 3.63) is 105 Å². The molecule has 1 aromatic heterocycles. The van der Waals surface area contributed by atoms with E-state index in [1.165, 1.54) is 27.8 Å². The minimum absolute atomic E-state index is 0.0662. The monoisotopic (exact) mass is 456 g/mol. The smallest absolute Gasteiger partial charge is 0.230 e. The quantitative estimate of drug-likeness (QED) is 0.453. The summed E-state index contributed by atoms with van der Waals surface area (Å²) >= 11 is 6.35. The molecule has 2 heterocycles. The number of halogens is 1. The van der Waals surface area contributed by atoms with Gasteiger partial charge in [-0.1, -0.05) is 66.6 Å². The summed E-state index contributed by atoms with van der Waals surface area (Å²) in [7, 11) is 0. The summed E-state index contributed by atoms with van der Waals surface area (Å²) in [6.45, 7) is 3.61. The highest BCUT2D eigenvalue weighted by atomic mass is 35.5. The van der Waals surface area contributed by atoms with Gasteiger partial charge in [0.2, 0.25) is 5.91 Å². The molecule has 5 rings (SSSR count). The van der Waals surface area contributed by atoms with Crippen LogP contribution in [0.3, 0.4) is 0 Å². The molecule has 2 aromatic carbocycles. The molecule has 0 N–H and O–H groups in total. The second kappa shape index (κ2) is 9.52. The normalized spacial score (nSPS) is 16.6. The van der Waals surface area contributed by atoms with E-state index in [4.69, 9.17) is 16.6 Å². The van der Waals surface area contributed by atoms with Crippen LogP contribution in [0.25, 0.3) is 5.57 Å². The molecular weight excluding hydrogens is 428 g/mol. The summed E-state index contributed by atoms with van der Waals surface area (Å²) in [6, 6.07) is 20.6. The SMILES string of the molecule is CCC(C(=O)N1CCC(=C2c3ccc(Cl)cc3CCc3cccnc32)CC1)c1ccccc1. The summed E-state index contributed by atoms with van der Waals surface area (Å²) in [5.41, 5.74) is 8.71. The van der Waals surface area contributed by atoms with Crippen LogP contribution in [0, 0.1) is 0 Å². The second-order valence-corrected chi connectivity index (χ2v) is 9.42. The number of piperidine rings is 1. The molecule has 1 aliphatic heterocycles. The maximum Gasteiger partial charge on any atom is 0.230 e. The molecule has 0 bridgehead atoms. The van der Waals surface area contributed by atoms with Gasteiger partial charge in [-0.25, -0.2) is 0 Å². The molecule has 3 nitrogen and oxygen atoms in total. The van der Waals surface area contributed by atoms with Gasteiger partial charge in [0.25, 0.3) is 0 Å². The summed E-state index contributed by atoms with van der Waals surface area (Å²) in [4.78, 5) is 20.3. The number of aromatic nitrogens is 1. The van der Waals surface area contributed by atoms with Crippen LogP contribution in [-0.4, -0.2) is 28.9 Å². The molecule has 0 saturated carbocycles. The highest BCUT2D eigenvalue weighted by Crippen LogP contribution is 2.38. The van der Waals surface area contributed by atoms with Gasteiger partial charge in [0.15, 0.2) is 0 Å². The molecule has 1 saturated heterocycles. The number of likely N-dealkylation sites (tertiary alicyclic amines) is 1. The number of rotatable bonds is 3. The third kappa shape index (κ3) is 4.35. The molecule has 2 aliphatic rings. The average molecular weight is 457 g/mol. The van der Waals surface area contributed by atoms with E-state index in [0.29, 0.717) is 0 Å². The number of fused-ring (bicyclic) bond motifs is 2. The van der Waals surface area contributed by atoms with E-state index in [0.717, 1.165) is 61.5 Å². The van der Waals surface area contributed by atoms with Gasteiger partial charge < -0.3 is 4.90 Å². The van der Waals surface area contributed by atoms with Crippen LogP contribution in [0.1, 0.15) is 60.1 Å². The first kappa shape index (κ1) is 21.9. The minimum atomic E-state index is -0.0662. The van der Waals surface area contributed by atoms with E-state index in [9.17, 15) is 4.79 Å². The van der Waals surface area contributed by atoms with Crippen molar-refractivity contribution in [1.29, 1.82) is 0 Å². The molecule has 1 atom stereocenters. The number of carbonyl (C=O) groups is 1. The van der Waals surface area contributed by atoms with E-state index in [-0.39, 0.29) is 11.8 Å². The fraction of sp³-hybridized carbons (Fsp3) is 0.310. The average Bonchev–Trinajstić information content (AvgIpc) is 3.02. The van der Waals surface area contributed by atoms with Crippen LogP contribution in [0.5, 0.6) is 0 Å². The summed E-state index contributed by atoms with van der Waals surface area (Å²) < 4.78 is 0. The van der Waals surface area contributed by atoms with E-state index >= 15 is 0 Å². The van der Waals surface area contributed by atoms with Crippen LogP contribution in [0.15, 0.2) is 72.4 Å². The molecule has 33 heavy (non-hydrogen) atoms. The number of nitrogens with zero attached hydrogens (tertiary/aromatic N) is 2. The third-order valence-corrected chi connectivity index (χ3v) is 7.30. The van der Waals surface area contributed by atoms with Gasteiger partial charge >= 0.3 is 0 Å². The van der Waals surface area contributed by atoms with Crippen molar-refractivity contribution in [2.75, 3.05) is 13.1 Å². The fourth-order valence-corrected chi connectivity index (χ4v) is 5.53. The Morgan fingerprint density at radius 2 is 1.73 bits per heavy atom. The van der Waals surface area contributed by atoms with Crippen LogP contribution in [-0.2, 0) is 17.6 Å². The summed E-state index contributed by atoms with van der Waals surface area (Å²) in [5.74, 6) is 0.183. The van der Waals surface area contributed by atoms with Gasteiger partial charge in [-0.15, -0.1) is 0 Å². The van der Waals surface area contributed by atoms with Crippen molar-refractivity contribution >= 4 is 23.1 Å². The highest BCUT2D eigenvalue weighted by molar-refractivity contribution is 6.30. The van der Waals surface area contributed by atoms with Crippen molar-refractivity contribution < 1.29 is 4.79 Å². The predicted octanol–water partition coefficient (Wildman–Crippen LogP) is 6.45. The van der Waals surface area contributed by atoms with Gasteiger partial charge in [0.1, 0.15) is 0 Å². The van der Waals surface area contributed by atoms with Crippen molar-refractivity contribution in [3.63, 3.8) is 0 Å². The number of carbonyl (C=O) groups excluding carboxylic acids is 1. The first-order chi connectivity index (χ1) is 16.2. The Labute approximate surface area is 201 Å². The first-order valence-corrected chi connectivity index (χ1v) is 12.3. The molecule has 3 aromatic rings. The maximum atomic E-state index is 13.4. The second-order valence-electron chi connectivity index (χ2n) is 8.99. The summed E-state index contributed by atoms with van der Waals surface area (Å²) in [6.07, 6.45) is 6.40. The molecule has 1 amide bonds. The van der Waals surface area contributed by atoms with Gasteiger partial charge in [0, 0.05) is 29.9 Å². The van der Waals surface area contributed by atoms with E-state index < -0.39 is 0 Å². The largest absolute Gasteiger partial charge is 0.342 e. The van der Waals surface area contributed by atoms with Gasteiger partial charge in [0.05, 0.1) is 11.6 Å². The lowest BCUT2D eigenvalue weighted by Crippen LogP contribution is -2.39. The molecule has 4 heteroatoms. The zero-order valence-corrected chi connectivity index (χ0v) is 19.8. The number of hydrogen-bond acceptors (Lipinski definition) is 2. The lowest BCUT2D eigenvalue weighted by atomic mass is 9.88. The van der Waals surface area contributed by atoms with Crippen molar-refractivity contribution in [3.8, 4) is 0 Å². The van der Waals surface area contributed by atoms with Gasteiger partial charge in [-0.05, 0) is 72.6 Å². The Morgan fingerprint density at radius 1 is 0.970 bits per heavy atom. The standard InChI is InChI=1S/C29H29ClN2O/c1-2-25(20-7-4-3-5-8-20)29(33)32-17-14-21(15-18-32)27-26-13-12-24(30)19-23(26)11-10-22-9-6-16-31-28(22)27/h3-9,12-13,16,19,25H,2,10-11,14-15,17-18H2,1H3. The van der Waals surface area contributed by atoms with Crippen LogP contribution < -0.4 is 0 Å². The maximum absolute atomic E-state index is 13.4. The van der Waals surface area contributed by atoms with Crippen LogP contribution >= 0.6 is 11.6 Å². The third-order valence-electron chi connectivity index (χ3n) is 7.07. The van der Waals surface area contributed by atoms with Crippen molar-refractivity contribution in [2.24, 2.45) is 0 Å². The first-order valence-electron chi connectivity index (χ1n) is 11.9. The molecule has 1 fully saturated rings. The lowest BCUT2D eigenvalue weighted by Gasteiger charge is -2.33. The number of benzene rings is 2. The Kier molecular flexibility index (Phi) is 6.32. The van der Waals surface area contributed by atoms with Crippen LogP contribution in [0.4, 0.5) is 0 Å². The molecule has 0 radical (unpaired) electrons. The van der Waals surface area contributed by atoms with Gasteiger partial charge in [-0.3, -0.25) is 9.78 Å². The minimum Gasteiger partial charge on any atom is -0.342 e. The Bertz CT molecular complexity index is 1190. The van der Waals surface area contributed by atoms with E-state index in [1.807, 2.05) is 36.5 Å². The topological polar surface area (TPSA) is 33.2 Å². The Hall–Kier alpha value is -2.91. The van der Waals surface area contributed by atoms with Crippen LogP contribution in [0.2, 0.25) is 5.02 Å². The Morgan fingerprint density at radius 3 is 2.48 bits per heavy atom. The number of hydrogen-bond donors (Lipinski definition) is 0. The Balaban J connectivity index is 1.46. The molecule has 1 unspecified atom stereocenters. The lowest BCUT2D eigenvalue weighted by molar-refractivity contribution is -0.133. The molecular formula is C29H29ClN2O. The number of aryl methyl sites for hydroxylation is 2. The van der Waals surface area contributed by atoms with Crippen molar-refractivity contribution in [1.82, 2.24) is 9.88 Å². The molecule has 1 aliphatic carbocycles. The molecule has 0 spiro atoms. The predicted molar refractivity (Wildman–Crippen MR) is 134 cm³/mol.